The lowest BCUT2D eigenvalue weighted by atomic mass is 9.98. The lowest BCUT2D eigenvalue weighted by Gasteiger charge is -2.30. The van der Waals surface area contributed by atoms with Crippen LogP contribution in [0.15, 0.2) is 66.9 Å². The summed E-state index contributed by atoms with van der Waals surface area (Å²) in [6.45, 7) is 1.72. The van der Waals surface area contributed by atoms with Crippen molar-refractivity contribution in [3.05, 3.63) is 89.4 Å². The van der Waals surface area contributed by atoms with Crippen LogP contribution < -0.4 is 4.90 Å². The molecule has 0 unspecified atom stereocenters. The second kappa shape index (κ2) is 9.88. The summed E-state index contributed by atoms with van der Waals surface area (Å²) in [5.74, 6) is -0.324. The standard InChI is InChI=1S/C27H28FN3O/c1-30(2)16-4-3-6-20-8-15-26-22(18-20)7-5-17-31(26)27(32)23-11-14-25(29-19-23)21-9-12-24(28)13-10-21/h3,6,8-15,18-19H,4-5,7,16-17H2,1-2H3/b6-3+. The Balaban J connectivity index is 1.50. The molecule has 164 valence electrons. The number of nitrogens with zero attached hydrogens (tertiary/aromatic N) is 3. The fraction of sp³-hybridized carbons (Fsp3) is 0.259. The summed E-state index contributed by atoms with van der Waals surface area (Å²) >= 11 is 0. The monoisotopic (exact) mass is 429 g/mol. The Labute approximate surface area is 189 Å². The third-order valence-electron chi connectivity index (χ3n) is 5.67. The van der Waals surface area contributed by atoms with Crippen molar-refractivity contribution in [3.63, 3.8) is 0 Å². The number of hydrogen-bond acceptors (Lipinski definition) is 3. The van der Waals surface area contributed by atoms with E-state index >= 15 is 0 Å². The molecule has 32 heavy (non-hydrogen) atoms. The molecule has 4 nitrogen and oxygen atoms in total. The van der Waals surface area contributed by atoms with Crippen molar-refractivity contribution in [3.8, 4) is 11.3 Å². The van der Waals surface area contributed by atoms with Crippen molar-refractivity contribution in [2.24, 2.45) is 0 Å². The summed E-state index contributed by atoms with van der Waals surface area (Å²) < 4.78 is 13.2. The van der Waals surface area contributed by atoms with Crippen LogP contribution in [0.5, 0.6) is 0 Å². The number of aryl methyl sites for hydroxylation is 1. The largest absolute Gasteiger partial charge is 0.309 e. The van der Waals surface area contributed by atoms with Gasteiger partial charge in [0.2, 0.25) is 0 Å². The Morgan fingerprint density at radius 2 is 1.94 bits per heavy atom. The zero-order valence-electron chi connectivity index (χ0n) is 18.6. The van der Waals surface area contributed by atoms with Gasteiger partial charge in [-0.1, -0.05) is 18.2 Å². The molecule has 0 fully saturated rings. The zero-order valence-corrected chi connectivity index (χ0v) is 18.6. The van der Waals surface area contributed by atoms with E-state index in [1.807, 2.05) is 11.0 Å². The van der Waals surface area contributed by atoms with E-state index in [9.17, 15) is 9.18 Å². The Bertz CT molecular complexity index is 1100. The average molecular weight is 430 g/mol. The predicted octanol–water partition coefficient (Wildman–Crippen LogP) is 5.45. The summed E-state index contributed by atoms with van der Waals surface area (Å²) in [7, 11) is 4.15. The first-order chi connectivity index (χ1) is 15.5. The fourth-order valence-corrected chi connectivity index (χ4v) is 3.95. The van der Waals surface area contributed by atoms with E-state index < -0.39 is 0 Å². The van der Waals surface area contributed by atoms with E-state index in [0.717, 1.165) is 37.1 Å². The lowest BCUT2D eigenvalue weighted by Crippen LogP contribution is -2.35. The molecule has 1 aromatic heterocycles. The molecule has 0 aliphatic carbocycles. The Hall–Kier alpha value is -3.31. The molecule has 0 radical (unpaired) electrons. The van der Waals surface area contributed by atoms with Crippen LogP contribution in [0.25, 0.3) is 17.3 Å². The highest BCUT2D eigenvalue weighted by Crippen LogP contribution is 2.30. The van der Waals surface area contributed by atoms with Gasteiger partial charge in [0.1, 0.15) is 5.82 Å². The number of rotatable bonds is 6. The Kier molecular flexibility index (Phi) is 6.76. The molecule has 5 heteroatoms. The molecule has 0 saturated heterocycles. The quantitative estimate of drug-likeness (QED) is 0.523. The Morgan fingerprint density at radius 1 is 1.12 bits per heavy atom. The van der Waals surface area contributed by atoms with Gasteiger partial charge in [-0.25, -0.2) is 4.39 Å². The number of carbonyl (C=O) groups excluding carboxylic acids is 1. The van der Waals surface area contributed by atoms with Crippen molar-refractivity contribution in [2.45, 2.75) is 19.3 Å². The number of halogens is 1. The maximum Gasteiger partial charge on any atom is 0.259 e. The van der Waals surface area contributed by atoms with Crippen LogP contribution in [0.4, 0.5) is 10.1 Å². The van der Waals surface area contributed by atoms with Gasteiger partial charge in [0.25, 0.3) is 5.91 Å². The van der Waals surface area contributed by atoms with Gasteiger partial charge in [0.15, 0.2) is 0 Å². The van der Waals surface area contributed by atoms with Crippen molar-refractivity contribution in [1.29, 1.82) is 0 Å². The van der Waals surface area contributed by atoms with E-state index in [2.05, 4.69) is 54.3 Å². The lowest BCUT2D eigenvalue weighted by molar-refractivity contribution is 0.0985. The van der Waals surface area contributed by atoms with Gasteiger partial charge < -0.3 is 9.80 Å². The fourth-order valence-electron chi connectivity index (χ4n) is 3.95. The number of fused-ring (bicyclic) bond motifs is 1. The minimum absolute atomic E-state index is 0.0432. The van der Waals surface area contributed by atoms with Crippen LogP contribution in [0.3, 0.4) is 0 Å². The summed E-state index contributed by atoms with van der Waals surface area (Å²) in [5, 5.41) is 0. The zero-order chi connectivity index (χ0) is 22.5. The van der Waals surface area contributed by atoms with E-state index in [-0.39, 0.29) is 11.7 Å². The molecule has 0 spiro atoms. The van der Waals surface area contributed by atoms with Crippen LogP contribution in [0.1, 0.15) is 34.3 Å². The number of anilines is 1. The average Bonchev–Trinajstić information content (AvgIpc) is 2.81. The molecular formula is C27H28FN3O. The molecule has 0 bridgehead atoms. The van der Waals surface area contributed by atoms with Gasteiger partial charge in [-0.2, -0.15) is 0 Å². The minimum atomic E-state index is -0.281. The number of aromatic nitrogens is 1. The first-order valence-electron chi connectivity index (χ1n) is 11.0. The maximum absolute atomic E-state index is 13.2. The number of pyridine rings is 1. The molecule has 0 N–H and O–H groups in total. The number of amides is 1. The SMILES string of the molecule is CN(C)CC/C=C/c1ccc2c(c1)CCCN2C(=O)c1ccc(-c2ccc(F)cc2)nc1. The van der Waals surface area contributed by atoms with Gasteiger partial charge in [-0.3, -0.25) is 9.78 Å². The van der Waals surface area contributed by atoms with Crippen LogP contribution >= 0.6 is 0 Å². The molecule has 1 aliphatic rings. The second-order valence-electron chi connectivity index (χ2n) is 8.38. The van der Waals surface area contributed by atoms with E-state index in [1.54, 1.807) is 24.4 Å². The normalized spacial score (nSPS) is 13.6. The van der Waals surface area contributed by atoms with Crippen LogP contribution in [0.2, 0.25) is 0 Å². The highest BCUT2D eigenvalue weighted by atomic mass is 19.1. The molecule has 0 atom stereocenters. The highest BCUT2D eigenvalue weighted by Gasteiger charge is 2.24. The molecule has 2 aromatic carbocycles. The van der Waals surface area contributed by atoms with Crippen molar-refractivity contribution < 1.29 is 9.18 Å². The molecule has 1 aliphatic heterocycles. The molecule has 3 aromatic rings. The van der Waals surface area contributed by atoms with E-state index in [4.69, 9.17) is 0 Å². The van der Waals surface area contributed by atoms with Crippen LogP contribution in [0, 0.1) is 5.82 Å². The topological polar surface area (TPSA) is 36.4 Å². The van der Waals surface area contributed by atoms with Gasteiger partial charge >= 0.3 is 0 Å². The van der Waals surface area contributed by atoms with Crippen LogP contribution in [-0.2, 0) is 6.42 Å². The van der Waals surface area contributed by atoms with Gasteiger partial charge in [-0.05, 0) is 93.0 Å². The smallest absolute Gasteiger partial charge is 0.259 e. The highest BCUT2D eigenvalue weighted by molar-refractivity contribution is 6.06. The summed E-state index contributed by atoms with van der Waals surface area (Å²) in [5.41, 5.74) is 5.44. The van der Waals surface area contributed by atoms with E-state index in [1.165, 1.54) is 23.3 Å². The number of benzene rings is 2. The second-order valence-corrected chi connectivity index (χ2v) is 8.38. The van der Waals surface area contributed by atoms with Crippen molar-refractivity contribution in [2.75, 3.05) is 32.1 Å². The predicted molar refractivity (Wildman–Crippen MR) is 128 cm³/mol. The number of carbonyl (C=O) groups is 1. The summed E-state index contributed by atoms with van der Waals surface area (Å²) in [6, 6.07) is 16.1. The molecule has 4 rings (SSSR count). The van der Waals surface area contributed by atoms with Crippen molar-refractivity contribution in [1.82, 2.24) is 9.88 Å². The summed E-state index contributed by atoms with van der Waals surface area (Å²) in [4.78, 5) is 21.7. The third-order valence-corrected chi connectivity index (χ3v) is 5.67. The molecular weight excluding hydrogens is 401 g/mol. The van der Waals surface area contributed by atoms with Gasteiger partial charge in [0.05, 0.1) is 11.3 Å². The van der Waals surface area contributed by atoms with Gasteiger partial charge in [-0.15, -0.1) is 0 Å². The first-order valence-corrected chi connectivity index (χ1v) is 11.0. The number of hydrogen-bond donors (Lipinski definition) is 0. The summed E-state index contributed by atoms with van der Waals surface area (Å²) in [6.07, 6.45) is 8.88. The minimum Gasteiger partial charge on any atom is -0.309 e. The Morgan fingerprint density at radius 3 is 2.66 bits per heavy atom. The van der Waals surface area contributed by atoms with Crippen LogP contribution in [-0.4, -0.2) is 43.0 Å². The molecule has 2 heterocycles. The molecule has 0 saturated carbocycles. The maximum atomic E-state index is 13.2. The van der Waals surface area contributed by atoms with Gasteiger partial charge in [0, 0.05) is 30.5 Å². The van der Waals surface area contributed by atoms with Crippen molar-refractivity contribution >= 4 is 17.7 Å². The first kappa shape index (κ1) is 21.9. The third kappa shape index (κ3) is 5.11. The van der Waals surface area contributed by atoms with E-state index in [0.29, 0.717) is 17.8 Å². The molecule has 1 amide bonds.